The molecule has 0 fully saturated rings. The summed E-state index contributed by atoms with van der Waals surface area (Å²) in [6, 6.07) is 13.9. The molecule has 1 aromatic heterocycles. The molecular weight excluding hydrogens is 342 g/mol. The molecule has 8 heteroatoms. The average molecular weight is 358 g/mol. The molecule has 1 N–H and O–H groups in total. The summed E-state index contributed by atoms with van der Waals surface area (Å²) >= 11 is 6.04. The number of nitrogens with zero attached hydrogens (tertiary/aromatic N) is 4. The van der Waals surface area contributed by atoms with Crippen molar-refractivity contribution in [3.8, 4) is 5.75 Å². The Kier molecular flexibility index (Phi) is 5.25. The van der Waals surface area contributed by atoms with E-state index in [1.165, 1.54) is 0 Å². The number of ether oxygens (including phenoxy) is 1. The minimum atomic E-state index is -0.241. The Morgan fingerprint density at radius 2 is 1.96 bits per heavy atom. The van der Waals surface area contributed by atoms with Crippen molar-refractivity contribution in [2.45, 2.75) is 20.1 Å². The number of rotatable bonds is 6. The first-order valence-corrected chi connectivity index (χ1v) is 8.09. The predicted octanol–water partition coefficient (Wildman–Crippen LogP) is 3.18. The van der Waals surface area contributed by atoms with Gasteiger partial charge in [-0.25, -0.2) is 4.68 Å². The molecule has 0 aliphatic rings. The van der Waals surface area contributed by atoms with Gasteiger partial charge in [-0.1, -0.05) is 23.7 Å². The van der Waals surface area contributed by atoms with Crippen molar-refractivity contribution in [2.75, 3.05) is 5.32 Å². The molecule has 0 aliphatic heterocycles. The van der Waals surface area contributed by atoms with Crippen LogP contribution in [0.15, 0.2) is 48.5 Å². The van der Waals surface area contributed by atoms with Gasteiger partial charge >= 0.3 is 0 Å². The van der Waals surface area contributed by atoms with Crippen LogP contribution in [0, 0.1) is 0 Å². The highest BCUT2D eigenvalue weighted by atomic mass is 35.5. The fourth-order valence-corrected chi connectivity index (χ4v) is 2.36. The van der Waals surface area contributed by atoms with Gasteiger partial charge in [-0.15, -0.1) is 5.10 Å². The summed E-state index contributed by atoms with van der Waals surface area (Å²) in [4.78, 5) is 12.3. The van der Waals surface area contributed by atoms with Crippen LogP contribution < -0.4 is 10.1 Å². The summed E-state index contributed by atoms with van der Waals surface area (Å²) in [5.74, 6) is 1.03. The van der Waals surface area contributed by atoms with Crippen LogP contribution in [0.2, 0.25) is 5.02 Å². The van der Waals surface area contributed by atoms with E-state index in [2.05, 4.69) is 20.8 Å². The molecule has 2 aromatic carbocycles. The Labute approximate surface area is 149 Å². The Hall–Kier alpha value is -2.93. The van der Waals surface area contributed by atoms with Crippen LogP contribution >= 0.6 is 11.6 Å². The molecule has 25 heavy (non-hydrogen) atoms. The largest absolute Gasteiger partial charge is 0.486 e. The van der Waals surface area contributed by atoms with Gasteiger partial charge in [0.25, 0.3) is 5.91 Å². The zero-order valence-corrected chi connectivity index (χ0v) is 14.3. The van der Waals surface area contributed by atoms with Crippen molar-refractivity contribution in [3.63, 3.8) is 0 Å². The topological polar surface area (TPSA) is 81.9 Å². The summed E-state index contributed by atoms with van der Waals surface area (Å²) < 4.78 is 7.31. The molecular formula is C17H16ClN5O2. The fraction of sp³-hybridized carbons (Fsp3) is 0.176. The number of hydrogen-bond donors (Lipinski definition) is 1. The minimum absolute atomic E-state index is 0.241. The van der Waals surface area contributed by atoms with Crippen LogP contribution in [-0.2, 0) is 13.2 Å². The SMILES string of the molecule is CCn1nnnc1COc1ccc(C(=O)Nc2ccccc2Cl)cc1. The second-order valence-corrected chi connectivity index (χ2v) is 5.57. The van der Waals surface area contributed by atoms with E-state index in [4.69, 9.17) is 16.3 Å². The summed E-state index contributed by atoms with van der Waals surface area (Å²) in [6.07, 6.45) is 0. The molecule has 0 spiro atoms. The average Bonchev–Trinajstić information content (AvgIpc) is 3.10. The van der Waals surface area contributed by atoms with Crippen LogP contribution in [0.25, 0.3) is 0 Å². The summed E-state index contributed by atoms with van der Waals surface area (Å²) in [6.45, 7) is 2.88. The Balaban J connectivity index is 1.62. The van der Waals surface area contributed by atoms with E-state index >= 15 is 0 Å². The van der Waals surface area contributed by atoms with Crippen LogP contribution in [0.4, 0.5) is 5.69 Å². The zero-order valence-electron chi connectivity index (χ0n) is 13.5. The second-order valence-electron chi connectivity index (χ2n) is 5.16. The van der Waals surface area contributed by atoms with Gasteiger partial charge in [0.05, 0.1) is 10.7 Å². The Bertz CT molecular complexity index is 863. The number of carbonyl (C=O) groups is 1. The van der Waals surface area contributed by atoms with E-state index in [9.17, 15) is 4.79 Å². The number of nitrogens with one attached hydrogen (secondary N) is 1. The highest BCUT2D eigenvalue weighted by Crippen LogP contribution is 2.21. The van der Waals surface area contributed by atoms with Crippen molar-refractivity contribution >= 4 is 23.2 Å². The predicted molar refractivity (Wildman–Crippen MR) is 93.7 cm³/mol. The van der Waals surface area contributed by atoms with E-state index in [-0.39, 0.29) is 12.5 Å². The monoisotopic (exact) mass is 357 g/mol. The number of aryl methyl sites for hydroxylation is 1. The molecule has 128 valence electrons. The number of carbonyl (C=O) groups excluding carboxylic acids is 1. The maximum Gasteiger partial charge on any atom is 0.255 e. The maximum absolute atomic E-state index is 12.3. The second kappa shape index (κ2) is 7.76. The molecule has 0 saturated heterocycles. The van der Waals surface area contributed by atoms with Gasteiger partial charge in [0.15, 0.2) is 5.82 Å². The molecule has 3 aromatic rings. The molecule has 3 rings (SSSR count). The first-order valence-electron chi connectivity index (χ1n) is 7.71. The van der Waals surface area contributed by atoms with Crippen LogP contribution in [0.5, 0.6) is 5.75 Å². The first-order chi connectivity index (χ1) is 12.2. The number of tetrazole rings is 1. The van der Waals surface area contributed by atoms with Gasteiger partial charge in [-0.2, -0.15) is 0 Å². The Morgan fingerprint density at radius 3 is 2.68 bits per heavy atom. The quantitative estimate of drug-likeness (QED) is 0.732. The van der Waals surface area contributed by atoms with Crippen molar-refractivity contribution in [2.24, 2.45) is 0 Å². The van der Waals surface area contributed by atoms with Gasteiger partial charge in [0.1, 0.15) is 12.4 Å². The molecule has 0 aliphatic carbocycles. The molecule has 0 unspecified atom stereocenters. The van der Waals surface area contributed by atoms with Gasteiger partial charge in [-0.3, -0.25) is 4.79 Å². The minimum Gasteiger partial charge on any atom is -0.486 e. The lowest BCUT2D eigenvalue weighted by molar-refractivity contribution is 0.102. The van der Waals surface area contributed by atoms with Crippen molar-refractivity contribution in [3.05, 3.63) is 64.9 Å². The zero-order chi connectivity index (χ0) is 17.6. The molecule has 1 amide bonds. The number of para-hydroxylation sites is 1. The Morgan fingerprint density at radius 1 is 1.20 bits per heavy atom. The molecule has 0 atom stereocenters. The number of hydrogen-bond acceptors (Lipinski definition) is 5. The van der Waals surface area contributed by atoms with E-state index in [0.717, 1.165) is 0 Å². The van der Waals surface area contributed by atoms with Crippen molar-refractivity contribution in [1.29, 1.82) is 0 Å². The molecule has 0 bridgehead atoms. The fourth-order valence-electron chi connectivity index (χ4n) is 2.18. The number of anilines is 1. The molecule has 1 heterocycles. The molecule has 7 nitrogen and oxygen atoms in total. The molecule has 0 radical (unpaired) electrons. The highest BCUT2D eigenvalue weighted by Gasteiger charge is 2.09. The van der Waals surface area contributed by atoms with Gasteiger partial charge < -0.3 is 10.1 Å². The third-order valence-corrected chi connectivity index (χ3v) is 3.84. The number of amides is 1. The van der Waals surface area contributed by atoms with E-state index < -0.39 is 0 Å². The number of aromatic nitrogens is 4. The summed E-state index contributed by atoms with van der Waals surface area (Å²) in [5.41, 5.74) is 1.08. The highest BCUT2D eigenvalue weighted by molar-refractivity contribution is 6.33. The smallest absolute Gasteiger partial charge is 0.255 e. The lowest BCUT2D eigenvalue weighted by Gasteiger charge is -2.08. The standard InChI is InChI=1S/C17H16ClN5O2/c1-2-23-16(20-21-22-23)11-25-13-9-7-12(8-10-13)17(24)19-15-6-4-3-5-14(15)18/h3-10H,2,11H2,1H3,(H,19,24). The lowest BCUT2D eigenvalue weighted by Crippen LogP contribution is -2.12. The lowest BCUT2D eigenvalue weighted by atomic mass is 10.2. The summed E-state index contributed by atoms with van der Waals surface area (Å²) in [5, 5.41) is 14.6. The van der Waals surface area contributed by atoms with E-state index in [1.807, 2.05) is 13.0 Å². The summed E-state index contributed by atoms with van der Waals surface area (Å²) in [7, 11) is 0. The van der Waals surface area contributed by atoms with E-state index in [0.29, 0.717) is 34.4 Å². The van der Waals surface area contributed by atoms with Crippen molar-refractivity contribution < 1.29 is 9.53 Å². The van der Waals surface area contributed by atoms with Gasteiger partial charge in [0, 0.05) is 12.1 Å². The normalized spacial score (nSPS) is 10.5. The maximum atomic E-state index is 12.3. The van der Waals surface area contributed by atoms with E-state index in [1.54, 1.807) is 47.1 Å². The number of benzene rings is 2. The number of halogens is 1. The van der Waals surface area contributed by atoms with Crippen LogP contribution in [0.3, 0.4) is 0 Å². The third kappa shape index (κ3) is 4.13. The van der Waals surface area contributed by atoms with Gasteiger partial charge in [-0.05, 0) is 53.7 Å². The third-order valence-electron chi connectivity index (χ3n) is 3.51. The molecule has 0 saturated carbocycles. The van der Waals surface area contributed by atoms with Crippen LogP contribution in [0.1, 0.15) is 23.1 Å². The van der Waals surface area contributed by atoms with Crippen LogP contribution in [-0.4, -0.2) is 26.1 Å². The first kappa shape index (κ1) is 16.9. The van der Waals surface area contributed by atoms with Gasteiger partial charge in [0.2, 0.25) is 0 Å². The van der Waals surface area contributed by atoms with Crippen molar-refractivity contribution in [1.82, 2.24) is 20.2 Å².